The van der Waals surface area contributed by atoms with Gasteiger partial charge in [0, 0.05) is 54.3 Å². The van der Waals surface area contributed by atoms with Gasteiger partial charge in [-0.05, 0) is 24.1 Å². The smallest absolute Gasteiger partial charge is 0.0968 e. The second kappa shape index (κ2) is 7.70. The van der Waals surface area contributed by atoms with Crippen LogP contribution in [0.1, 0.15) is 17.5 Å². The van der Waals surface area contributed by atoms with E-state index in [0.29, 0.717) is 0 Å². The molecule has 1 saturated heterocycles. The van der Waals surface area contributed by atoms with Crippen LogP contribution in [0.4, 0.5) is 0 Å². The highest BCUT2D eigenvalue weighted by Crippen LogP contribution is 2.41. The number of benzene rings is 2. The molecule has 0 bridgehead atoms. The number of ether oxygens (including phenoxy) is 1. The number of aryl methyl sites for hydroxylation is 1. The van der Waals surface area contributed by atoms with Crippen molar-refractivity contribution in [2.45, 2.75) is 19.4 Å². The van der Waals surface area contributed by atoms with Crippen molar-refractivity contribution in [1.82, 2.24) is 14.7 Å². The van der Waals surface area contributed by atoms with Crippen LogP contribution in [0, 0.1) is 0 Å². The summed E-state index contributed by atoms with van der Waals surface area (Å²) in [5.74, 6) is 0. The Morgan fingerprint density at radius 3 is 2.57 bits per heavy atom. The fourth-order valence-corrected chi connectivity index (χ4v) is 4.47. The number of rotatable bonds is 5. The van der Waals surface area contributed by atoms with Crippen molar-refractivity contribution in [3.05, 3.63) is 64.7 Å². The molecule has 2 heterocycles. The molecule has 5 heteroatoms. The van der Waals surface area contributed by atoms with Crippen LogP contribution in [0.15, 0.2) is 48.5 Å². The van der Waals surface area contributed by atoms with E-state index in [9.17, 15) is 0 Å². The second-order valence-corrected chi connectivity index (χ2v) is 7.98. The molecule has 1 aliphatic carbocycles. The molecule has 3 aromatic rings. The van der Waals surface area contributed by atoms with Gasteiger partial charge in [-0.3, -0.25) is 9.58 Å². The first-order valence-corrected chi connectivity index (χ1v) is 10.4. The first-order valence-electron chi connectivity index (χ1n) is 10.0. The monoisotopic (exact) mass is 393 g/mol. The van der Waals surface area contributed by atoms with Crippen LogP contribution in [0.25, 0.3) is 22.5 Å². The lowest BCUT2D eigenvalue weighted by molar-refractivity contribution is 0.0368. The third-order valence-corrected chi connectivity index (χ3v) is 6.01. The van der Waals surface area contributed by atoms with E-state index < -0.39 is 0 Å². The molecule has 5 rings (SSSR count). The van der Waals surface area contributed by atoms with Gasteiger partial charge in [0.05, 0.1) is 24.6 Å². The fraction of sp³-hybridized carbons (Fsp3) is 0.348. The Balaban J connectivity index is 1.45. The molecular formula is C23H24ClN3O. The molecule has 4 nitrogen and oxygen atoms in total. The quantitative estimate of drug-likeness (QED) is 0.500. The third-order valence-electron chi connectivity index (χ3n) is 5.76. The fourth-order valence-electron chi connectivity index (χ4n) is 4.34. The zero-order valence-corrected chi connectivity index (χ0v) is 16.7. The van der Waals surface area contributed by atoms with E-state index in [4.69, 9.17) is 21.4 Å². The Morgan fingerprint density at radius 1 is 0.964 bits per heavy atom. The van der Waals surface area contributed by atoms with Crippen molar-refractivity contribution < 1.29 is 4.74 Å². The number of aromatic nitrogens is 2. The number of halogens is 1. The predicted octanol–water partition coefficient (Wildman–Crippen LogP) is 4.50. The largest absolute Gasteiger partial charge is 0.379 e. The van der Waals surface area contributed by atoms with E-state index in [0.717, 1.165) is 63.0 Å². The minimum absolute atomic E-state index is 0.766. The van der Waals surface area contributed by atoms with E-state index in [2.05, 4.69) is 46.0 Å². The maximum atomic E-state index is 6.13. The lowest BCUT2D eigenvalue weighted by atomic mass is 10.1. The van der Waals surface area contributed by atoms with Crippen LogP contribution in [0.5, 0.6) is 0 Å². The maximum absolute atomic E-state index is 6.13. The van der Waals surface area contributed by atoms with E-state index >= 15 is 0 Å². The SMILES string of the molecule is Clc1ccc(-c2c3c(nn2CCCN2CCOCC2)-c2ccccc2C3)cc1. The van der Waals surface area contributed by atoms with Gasteiger partial charge in [0.1, 0.15) is 0 Å². The standard InChI is InChI=1S/C23H24ClN3O/c24-19-8-6-17(7-9-19)23-21-16-18-4-1-2-5-20(18)22(21)25-27(23)11-3-10-26-12-14-28-15-13-26/h1-2,4-9H,3,10-16H2. The highest BCUT2D eigenvalue weighted by atomic mass is 35.5. The predicted molar refractivity (Wildman–Crippen MR) is 113 cm³/mol. The number of hydrogen-bond donors (Lipinski definition) is 0. The van der Waals surface area contributed by atoms with Crippen molar-refractivity contribution in [3.63, 3.8) is 0 Å². The van der Waals surface area contributed by atoms with Crippen LogP contribution >= 0.6 is 11.6 Å². The van der Waals surface area contributed by atoms with E-state index in [-0.39, 0.29) is 0 Å². The molecule has 2 aromatic carbocycles. The van der Waals surface area contributed by atoms with Gasteiger partial charge in [0.25, 0.3) is 0 Å². The maximum Gasteiger partial charge on any atom is 0.0968 e. The van der Waals surface area contributed by atoms with Crippen molar-refractivity contribution in [1.29, 1.82) is 0 Å². The van der Waals surface area contributed by atoms with Gasteiger partial charge in [-0.15, -0.1) is 0 Å². The highest BCUT2D eigenvalue weighted by molar-refractivity contribution is 6.30. The molecule has 144 valence electrons. The topological polar surface area (TPSA) is 30.3 Å². The third kappa shape index (κ3) is 3.37. The molecule has 2 aliphatic rings. The van der Waals surface area contributed by atoms with E-state index in [1.54, 1.807) is 0 Å². The Hall–Kier alpha value is -2.14. The van der Waals surface area contributed by atoms with Crippen LogP contribution in [-0.4, -0.2) is 47.5 Å². The Kier molecular flexibility index (Phi) is 4.93. The Bertz CT molecular complexity index is 974. The van der Waals surface area contributed by atoms with Crippen molar-refractivity contribution >= 4 is 11.6 Å². The first-order chi connectivity index (χ1) is 13.8. The van der Waals surface area contributed by atoms with Crippen LogP contribution in [-0.2, 0) is 17.7 Å². The number of morpholine rings is 1. The van der Waals surface area contributed by atoms with Crippen LogP contribution in [0.3, 0.4) is 0 Å². The van der Waals surface area contributed by atoms with E-state index in [1.807, 2.05) is 12.1 Å². The molecule has 28 heavy (non-hydrogen) atoms. The first kappa shape index (κ1) is 17.9. The highest BCUT2D eigenvalue weighted by Gasteiger charge is 2.27. The van der Waals surface area contributed by atoms with E-state index in [1.165, 1.54) is 27.9 Å². The number of fused-ring (bicyclic) bond motifs is 3. The molecule has 1 fully saturated rings. The molecule has 0 radical (unpaired) electrons. The summed E-state index contributed by atoms with van der Waals surface area (Å²) in [4.78, 5) is 2.48. The van der Waals surface area contributed by atoms with Gasteiger partial charge >= 0.3 is 0 Å². The minimum atomic E-state index is 0.766. The average molecular weight is 394 g/mol. The summed E-state index contributed by atoms with van der Waals surface area (Å²) < 4.78 is 7.67. The molecule has 1 aliphatic heterocycles. The summed E-state index contributed by atoms with van der Waals surface area (Å²) in [6.45, 7) is 5.78. The summed E-state index contributed by atoms with van der Waals surface area (Å²) in [5, 5.41) is 5.82. The molecule has 0 atom stereocenters. The summed E-state index contributed by atoms with van der Waals surface area (Å²) in [6.07, 6.45) is 2.04. The molecule has 0 N–H and O–H groups in total. The summed E-state index contributed by atoms with van der Waals surface area (Å²) in [6, 6.07) is 16.8. The second-order valence-electron chi connectivity index (χ2n) is 7.55. The molecule has 0 spiro atoms. The van der Waals surface area contributed by atoms with Crippen LogP contribution in [0.2, 0.25) is 5.02 Å². The number of nitrogens with zero attached hydrogens (tertiary/aromatic N) is 3. The van der Waals surface area contributed by atoms with Gasteiger partial charge < -0.3 is 4.74 Å². The van der Waals surface area contributed by atoms with Crippen molar-refractivity contribution in [2.24, 2.45) is 0 Å². The van der Waals surface area contributed by atoms with Gasteiger partial charge in [0.15, 0.2) is 0 Å². The molecular weight excluding hydrogens is 370 g/mol. The Morgan fingerprint density at radius 2 is 1.75 bits per heavy atom. The van der Waals surface area contributed by atoms with Gasteiger partial charge in [0.2, 0.25) is 0 Å². The summed E-state index contributed by atoms with van der Waals surface area (Å²) in [5.41, 5.74) is 7.57. The molecule has 1 aromatic heterocycles. The zero-order valence-electron chi connectivity index (χ0n) is 15.9. The van der Waals surface area contributed by atoms with Gasteiger partial charge in [-0.1, -0.05) is 48.0 Å². The number of hydrogen-bond acceptors (Lipinski definition) is 3. The van der Waals surface area contributed by atoms with Crippen molar-refractivity contribution in [3.8, 4) is 22.5 Å². The molecule has 0 unspecified atom stereocenters. The average Bonchev–Trinajstić information content (AvgIpc) is 3.25. The van der Waals surface area contributed by atoms with Gasteiger partial charge in [-0.25, -0.2) is 0 Å². The zero-order chi connectivity index (χ0) is 18.9. The van der Waals surface area contributed by atoms with Gasteiger partial charge in [-0.2, -0.15) is 5.10 Å². The lowest BCUT2D eigenvalue weighted by Crippen LogP contribution is -2.37. The Labute approximate surface area is 170 Å². The summed E-state index contributed by atoms with van der Waals surface area (Å²) >= 11 is 6.13. The normalized spacial score (nSPS) is 16.2. The lowest BCUT2D eigenvalue weighted by Gasteiger charge is -2.26. The minimum Gasteiger partial charge on any atom is -0.379 e. The summed E-state index contributed by atoms with van der Waals surface area (Å²) in [7, 11) is 0. The molecule has 0 saturated carbocycles. The van der Waals surface area contributed by atoms with Crippen LogP contribution < -0.4 is 0 Å². The van der Waals surface area contributed by atoms with Crippen molar-refractivity contribution in [2.75, 3.05) is 32.8 Å². The molecule has 0 amide bonds.